The molecule has 0 saturated heterocycles. The molecule has 1 nitrogen and oxygen atoms in total. The smallest absolute Gasteiger partial charge is 0.299 e. The van der Waals surface area contributed by atoms with E-state index in [1.54, 1.807) is 13.0 Å². The van der Waals surface area contributed by atoms with E-state index < -0.39 is 29.0 Å². The van der Waals surface area contributed by atoms with Crippen LogP contribution in [-0.4, -0.2) is 6.29 Å². The summed E-state index contributed by atoms with van der Waals surface area (Å²) < 4.78 is 78.3. The van der Waals surface area contributed by atoms with Crippen LogP contribution in [0.3, 0.4) is 0 Å². The molecule has 1 aromatic carbocycles. The Morgan fingerprint density at radius 3 is 1.81 bits per heavy atom. The van der Waals surface area contributed by atoms with E-state index in [2.05, 4.69) is 0 Å². The van der Waals surface area contributed by atoms with Crippen LogP contribution in [0.1, 0.15) is 30.5 Å². The zero-order valence-corrected chi connectivity index (χ0v) is 13.9. The molecule has 1 rings (SSSR count). The highest BCUT2D eigenvalue weighted by Gasteiger charge is 2.39. The number of alkyl halides is 6. The Morgan fingerprint density at radius 2 is 1.35 bits per heavy atom. The van der Waals surface area contributed by atoms with Crippen molar-refractivity contribution in [3.63, 3.8) is 0 Å². The van der Waals surface area contributed by atoms with E-state index in [0.717, 1.165) is 12.1 Å². The molecule has 140 valence electrons. The predicted molar refractivity (Wildman–Crippen MR) is 88.2 cm³/mol. The summed E-state index contributed by atoms with van der Waals surface area (Å²) in [6, 6.07) is 1.96. The highest BCUT2D eigenvalue weighted by Crippen LogP contribution is 2.40. The predicted octanol–water partition coefficient (Wildman–Crippen LogP) is 6.39. The highest BCUT2D eigenvalue weighted by atomic mass is 19.4. The number of hydrogen-bond donors (Lipinski definition) is 0. The van der Waals surface area contributed by atoms with Crippen molar-refractivity contribution in [2.24, 2.45) is 0 Å². The van der Waals surface area contributed by atoms with Crippen LogP contribution in [0.4, 0.5) is 26.3 Å². The lowest BCUT2D eigenvalue weighted by Crippen LogP contribution is -2.14. The van der Waals surface area contributed by atoms with Crippen LogP contribution in [0.2, 0.25) is 0 Å². The summed E-state index contributed by atoms with van der Waals surface area (Å²) in [5.74, 6) is 0. The summed E-state index contributed by atoms with van der Waals surface area (Å²) in [5.41, 5.74) is -2.55. The molecule has 7 heteroatoms. The van der Waals surface area contributed by atoms with Gasteiger partial charge in [-0.3, -0.25) is 4.79 Å². The molecule has 0 unspecified atom stereocenters. The molecular weight excluding hydrogens is 358 g/mol. The quantitative estimate of drug-likeness (QED) is 0.253. The first-order valence-corrected chi connectivity index (χ1v) is 7.39. The van der Waals surface area contributed by atoms with Gasteiger partial charge in [-0.2, -0.15) is 26.3 Å². The minimum Gasteiger partial charge on any atom is -0.299 e. The van der Waals surface area contributed by atoms with Crippen molar-refractivity contribution >= 4 is 12.4 Å². The largest absolute Gasteiger partial charge is 0.417 e. The van der Waals surface area contributed by atoms with Crippen LogP contribution in [0.15, 0.2) is 59.7 Å². The number of aldehydes is 1. The van der Waals surface area contributed by atoms with Gasteiger partial charge in [0.2, 0.25) is 0 Å². The summed E-state index contributed by atoms with van der Waals surface area (Å²) in [6.07, 6.45) is -1.31. The molecule has 0 bridgehead atoms. The lowest BCUT2D eigenvalue weighted by molar-refractivity contribution is -0.143. The molecule has 0 atom stereocenters. The summed E-state index contributed by atoms with van der Waals surface area (Å²) in [5, 5.41) is 0. The first-order chi connectivity index (χ1) is 12.0. The third-order valence-electron chi connectivity index (χ3n) is 3.28. The van der Waals surface area contributed by atoms with Crippen molar-refractivity contribution in [2.75, 3.05) is 0 Å². The van der Waals surface area contributed by atoms with Gasteiger partial charge in [-0.25, -0.2) is 0 Å². The maximum atomic E-state index is 13.0. The fourth-order valence-electron chi connectivity index (χ4n) is 2.02. The normalized spacial score (nSPS) is 14.5. The van der Waals surface area contributed by atoms with Crippen LogP contribution < -0.4 is 0 Å². The Morgan fingerprint density at radius 1 is 0.846 bits per heavy atom. The van der Waals surface area contributed by atoms with Crippen molar-refractivity contribution in [1.82, 2.24) is 0 Å². The Balaban J connectivity index is 3.28. The number of rotatable bonds is 5. The molecule has 0 fully saturated rings. The number of allylic oxidation sites excluding steroid dienone is 7. The number of benzene rings is 1. The fraction of sp³-hybridized carbons (Fsp3) is 0.211. The minimum atomic E-state index is -4.91. The Bertz CT molecular complexity index is 729. The topological polar surface area (TPSA) is 17.1 Å². The van der Waals surface area contributed by atoms with Crippen molar-refractivity contribution in [1.29, 1.82) is 0 Å². The molecule has 0 spiro atoms. The van der Waals surface area contributed by atoms with Gasteiger partial charge in [0.05, 0.1) is 11.1 Å². The number of halogens is 6. The summed E-state index contributed by atoms with van der Waals surface area (Å²) in [6.45, 7) is 3.20. The van der Waals surface area contributed by atoms with Crippen molar-refractivity contribution in [3.05, 3.63) is 76.4 Å². The van der Waals surface area contributed by atoms with E-state index in [4.69, 9.17) is 0 Å². The summed E-state index contributed by atoms with van der Waals surface area (Å²) in [7, 11) is 0. The molecule has 1 aromatic rings. The molecule has 0 aliphatic rings. The van der Waals surface area contributed by atoms with E-state index in [1.807, 2.05) is 0 Å². The van der Waals surface area contributed by atoms with Gasteiger partial charge in [-0.15, -0.1) is 0 Å². The van der Waals surface area contributed by atoms with Crippen LogP contribution in [0.5, 0.6) is 0 Å². The summed E-state index contributed by atoms with van der Waals surface area (Å²) >= 11 is 0. The second-order valence-corrected chi connectivity index (χ2v) is 5.41. The van der Waals surface area contributed by atoms with Gasteiger partial charge in [0.1, 0.15) is 6.29 Å². The Labute approximate surface area is 147 Å². The Hall–Kier alpha value is -2.57. The molecule has 0 radical (unpaired) electrons. The molecule has 26 heavy (non-hydrogen) atoms. The third-order valence-corrected chi connectivity index (χ3v) is 3.28. The van der Waals surface area contributed by atoms with E-state index in [1.165, 1.54) is 31.2 Å². The van der Waals surface area contributed by atoms with Crippen LogP contribution in [0, 0.1) is 0 Å². The minimum absolute atomic E-state index is 0.435. The first-order valence-electron chi connectivity index (χ1n) is 7.39. The molecular formula is C19H16F6O. The average molecular weight is 374 g/mol. The highest BCUT2D eigenvalue weighted by molar-refractivity contribution is 5.67. The second-order valence-electron chi connectivity index (χ2n) is 5.41. The van der Waals surface area contributed by atoms with Gasteiger partial charge < -0.3 is 0 Å². The van der Waals surface area contributed by atoms with Gasteiger partial charge in [0, 0.05) is 0 Å². The standard InChI is InChI=1S/C19H16F6O/c1-13(5-3-6-14(2)11-12-26)9-10-15-16(18(20,21)22)7-4-8-17(15)19(23,24)25/h3-12H,1-2H3/b6-3+,10-9+,13-5+,14-11+. The molecule has 0 amide bonds. The van der Waals surface area contributed by atoms with E-state index >= 15 is 0 Å². The number of carbonyl (C=O) groups excluding carboxylic acids is 1. The van der Waals surface area contributed by atoms with Gasteiger partial charge >= 0.3 is 12.4 Å². The lowest BCUT2D eigenvalue weighted by Gasteiger charge is -2.16. The lowest BCUT2D eigenvalue weighted by atomic mass is 9.99. The van der Waals surface area contributed by atoms with E-state index in [-0.39, 0.29) is 0 Å². The molecule has 0 heterocycles. The van der Waals surface area contributed by atoms with Crippen molar-refractivity contribution in [2.45, 2.75) is 26.2 Å². The monoisotopic (exact) mass is 374 g/mol. The zero-order chi connectivity index (χ0) is 20.0. The van der Waals surface area contributed by atoms with Crippen LogP contribution in [-0.2, 0) is 17.1 Å². The first kappa shape index (κ1) is 21.5. The van der Waals surface area contributed by atoms with E-state index in [9.17, 15) is 31.1 Å². The third kappa shape index (κ3) is 6.38. The Kier molecular flexibility index (Phi) is 7.18. The fourth-order valence-corrected chi connectivity index (χ4v) is 2.02. The van der Waals surface area contributed by atoms with Crippen LogP contribution >= 0.6 is 0 Å². The SMILES string of the molecule is CC(/C=C/C=C(C)/C=C/c1c(C(F)(F)F)cccc1C(F)(F)F)=C\C=O. The van der Waals surface area contributed by atoms with Gasteiger partial charge in [0.25, 0.3) is 0 Å². The van der Waals surface area contributed by atoms with Crippen LogP contribution in [0.25, 0.3) is 6.08 Å². The molecule has 0 saturated carbocycles. The second kappa shape index (κ2) is 8.69. The maximum absolute atomic E-state index is 13.0. The van der Waals surface area contributed by atoms with Gasteiger partial charge in [0.15, 0.2) is 0 Å². The van der Waals surface area contributed by atoms with Crippen molar-refractivity contribution in [3.8, 4) is 0 Å². The van der Waals surface area contributed by atoms with Gasteiger partial charge in [-0.05, 0) is 43.2 Å². The van der Waals surface area contributed by atoms with E-state index in [0.29, 0.717) is 29.6 Å². The average Bonchev–Trinajstić information content (AvgIpc) is 2.51. The molecule has 0 N–H and O–H groups in total. The number of hydrogen-bond acceptors (Lipinski definition) is 1. The zero-order valence-electron chi connectivity index (χ0n) is 13.9. The van der Waals surface area contributed by atoms with Crippen molar-refractivity contribution < 1.29 is 31.1 Å². The number of carbonyl (C=O) groups is 1. The molecule has 0 aromatic heterocycles. The molecule has 0 aliphatic carbocycles. The van der Waals surface area contributed by atoms with Gasteiger partial charge in [-0.1, -0.05) is 42.0 Å². The summed E-state index contributed by atoms with van der Waals surface area (Å²) in [4.78, 5) is 10.3. The molecule has 0 aliphatic heterocycles. The maximum Gasteiger partial charge on any atom is 0.417 e.